The lowest BCUT2D eigenvalue weighted by atomic mass is 10.2. The summed E-state index contributed by atoms with van der Waals surface area (Å²) in [6.07, 6.45) is 0.670. The number of aliphatic hydroxyl groups is 1. The van der Waals surface area contributed by atoms with Crippen molar-refractivity contribution in [3.05, 3.63) is 33.0 Å². The monoisotopic (exact) mass is 372 g/mol. The van der Waals surface area contributed by atoms with Crippen molar-refractivity contribution in [2.24, 2.45) is 0 Å². The Hall–Kier alpha value is -0.890. The first kappa shape index (κ1) is 16.5. The standard InChI is InChI=1S/C14H17BrN2O3S/c1-20-7-5-17-13(19)11-9-10(15)3-4-12(11)16-14(17)21-8-2-6-18/h3-4,9,18H,2,5-8H2,1H3. The maximum absolute atomic E-state index is 12.6. The molecule has 2 aromatic rings. The molecule has 1 aromatic carbocycles. The number of aromatic nitrogens is 2. The third-order valence-corrected chi connectivity index (χ3v) is 4.49. The summed E-state index contributed by atoms with van der Waals surface area (Å²) in [5, 5.41) is 10.1. The van der Waals surface area contributed by atoms with Crippen LogP contribution in [0.3, 0.4) is 0 Å². The lowest BCUT2D eigenvalue weighted by Crippen LogP contribution is -2.25. The number of rotatable bonds is 7. The SMILES string of the molecule is COCCn1c(SCCCO)nc2ccc(Br)cc2c1=O. The van der Waals surface area contributed by atoms with E-state index in [0.29, 0.717) is 35.6 Å². The third-order valence-electron chi connectivity index (χ3n) is 2.93. The van der Waals surface area contributed by atoms with Gasteiger partial charge in [0.1, 0.15) is 0 Å². The fourth-order valence-corrected chi connectivity index (χ4v) is 3.20. The molecule has 1 N–H and O–H groups in total. The van der Waals surface area contributed by atoms with Crippen LogP contribution < -0.4 is 5.56 Å². The maximum Gasteiger partial charge on any atom is 0.262 e. The number of ether oxygens (including phenoxy) is 1. The van der Waals surface area contributed by atoms with Crippen LogP contribution in [0.1, 0.15) is 6.42 Å². The number of hydrogen-bond donors (Lipinski definition) is 1. The highest BCUT2D eigenvalue weighted by Gasteiger charge is 2.11. The zero-order valence-corrected chi connectivity index (χ0v) is 14.1. The summed E-state index contributed by atoms with van der Waals surface area (Å²) in [7, 11) is 1.61. The Morgan fingerprint density at radius 3 is 3.00 bits per heavy atom. The van der Waals surface area contributed by atoms with Crippen LogP contribution in [0.25, 0.3) is 10.9 Å². The summed E-state index contributed by atoms with van der Waals surface area (Å²) in [5.41, 5.74) is 0.619. The number of aliphatic hydroxyl groups excluding tert-OH is 1. The van der Waals surface area contributed by atoms with Crippen molar-refractivity contribution in [2.75, 3.05) is 26.1 Å². The quantitative estimate of drug-likeness (QED) is 0.458. The predicted molar refractivity (Wildman–Crippen MR) is 88.0 cm³/mol. The van der Waals surface area contributed by atoms with Crippen LogP contribution in [0, 0.1) is 0 Å². The van der Waals surface area contributed by atoms with E-state index >= 15 is 0 Å². The van der Waals surface area contributed by atoms with Crippen molar-refractivity contribution in [3.8, 4) is 0 Å². The van der Waals surface area contributed by atoms with Crippen molar-refractivity contribution in [1.82, 2.24) is 9.55 Å². The minimum Gasteiger partial charge on any atom is -0.396 e. The highest BCUT2D eigenvalue weighted by molar-refractivity contribution is 9.10. The molecule has 0 radical (unpaired) electrons. The molecule has 0 bridgehead atoms. The van der Waals surface area contributed by atoms with E-state index < -0.39 is 0 Å². The van der Waals surface area contributed by atoms with E-state index in [0.717, 1.165) is 10.2 Å². The Bertz CT molecular complexity index is 675. The number of thioether (sulfide) groups is 1. The normalized spacial score (nSPS) is 11.2. The smallest absolute Gasteiger partial charge is 0.262 e. The lowest BCUT2D eigenvalue weighted by Gasteiger charge is -2.12. The van der Waals surface area contributed by atoms with E-state index in [1.54, 1.807) is 17.7 Å². The van der Waals surface area contributed by atoms with Crippen molar-refractivity contribution >= 4 is 38.6 Å². The van der Waals surface area contributed by atoms with Crippen LogP contribution in [0.4, 0.5) is 0 Å². The molecule has 0 aliphatic carbocycles. The third kappa shape index (κ3) is 4.06. The van der Waals surface area contributed by atoms with E-state index in [1.165, 1.54) is 11.8 Å². The summed E-state index contributed by atoms with van der Waals surface area (Å²) in [6, 6.07) is 5.49. The average Bonchev–Trinajstić information content (AvgIpc) is 2.48. The van der Waals surface area contributed by atoms with E-state index in [4.69, 9.17) is 9.84 Å². The van der Waals surface area contributed by atoms with Crippen LogP contribution in [0.15, 0.2) is 32.6 Å². The summed E-state index contributed by atoms with van der Waals surface area (Å²) in [6.45, 7) is 1.05. The Kier molecular flexibility index (Phi) is 6.22. The average molecular weight is 373 g/mol. The maximum atomic E-state index is 12.6. The molecule has 0 saturated carbocycles. The minimum absolute atomic E-state index is 0.0650. The number of benzene rings is 1. The van der Waals surface area contributed by atoms with Crippen LogP contribution in [0.2, 0.25) is 0 Å². The van der Waals surface area contributed by atoms with Gasteiger partial charge in [-0.1, -0.05) is 27.7 Å². The van der Waals surface area contributed by atoms with Crippen molar-refractivity contribution in [1.29, 1.82) is 0 Å². The molecule has 0 unspecified atom stereocenters. The highest BCUT2D eigenvalue weighted by Crippen LogP contribution is 2.21. The number of methoxy groups -OCH3 is 1. The van der Waals surface area contributed by atoms with E-state index in [-0.39, 0.29) is 12.2 Å². The molecule has 0 amide bonds. The summed E-state index contributed by atoms with van der Waals surface area (Å²) >= 11 is 4.86. The fourth-order valence-electron chi connectivity index (χ4n) is 1.89. The number of halogens is 1. The molecule has 0 aliphatic heterocycles. The molecular formula is C14H17BrN2O3S. The Morgan fingerprint density at radius 2 is 2.29 bits per heavy atom. The summed E-state index contributed by atoms with van der Waals surface area (Å²) < 4.78 is 7.56. The molecule has 1 heterocycles. The van der Waals surface area contributed by atoms with Gasteiger partial charge in [-0.25, -0.2) is 4.98 Å². The van der Waals surface area contributed by atoms with E-state index in [9.17, 15) is 4.79 Å². The van der Waals surface area contributed by atoms with Gasteiger partial charge < -0.3 is 9.84 Å². The molecule has 114 valence electrons. The molecule has 1 aromatic heterocycles. The van der Waals surface area contributed by atoms with Crippen LogP contribution in [-0.2, 0) is 11.3 Å². The summed E-state index contributed by atoms with van der Waals surface area (Å²) in [5.74, 6) is 0.720. The zero-order valence-electron chi connectivity index (χ0n) is 11.7. The fraction of sp³-hybridized carbons (Fsp3) is 0.429. The number of hydrogen-bond acceptors (Lipinski definition) is 5. The molecule has 21 heavy (non-hydrogen) atoms. The van der Waals surface area contributed by atoms with Crippen molar-refractivity contribution in [3.63, 3.8) is 0 Å². The molecular weight excluding hydrogens is 356 g/mol. The molecule has 0 fully saturated rings. The van der Waals surface area contributed by atoms with Gasteiger partial charge >= 0.3 is 0 Å². The molecule has 0 aliphatic rings. The first-order chi connectivity index (χ1) is 10.2. The van der Waals surface area contributed by atoms with Crippen LogP contribution in [-0.4, -0.2) is 40.7 Å². The van der Waals surface area contributed by atoms with Gasteiger partial charge in [-0.05, 0) is 24.6 Å². The molecule has 7 heteroatoms. The van der Waals surface area contributed by atoms with E-state index in [2.05, 4.69) is 20.9 Å². The first-order valence-electron chi connectivity index (χ1n) is 6.60. The molecule has 0 spiro atoms. The van der Waals surface area contributed by atoms with Gasteiger partial charge in [0.05, 0.1) is 24.1 Å². The molecule has 2 rings (SSSR count). The van der Waals surface area contributed by atoms with Crippen molar-refractivity contribution < 1.29 is 9.84 Å². The van der Waals surface area contributed by atoms with Crippen LogP contribution in [0.5, 0.6) is 0 Å². The van der Waals surface area contributed by atoms with Crippen LogP contribution >= 0.6 is 27.7 Å². The predicted octanol–water partition coefficient (Wildman–Crippen LogP) is 2.28. The second-order valence-corrected chi connectivity index (χ2v) is 6.41. The topological polar surface area (TPSA) is 64.3 Å². The Morgan fingerprint density at radius 1 is 1.48 bits per heavy atom. The van der Waals surface area contributed by atoms with Gasteiger partial charge in [-0.2, -0.15) is 0 Å². The number of nitrogens with zero attached hydrogens (tertiary/aromatic N) is 2. The minimum atomic E-state index is -0.0650. The zero-order chi connectivity index (χ0) is 15.2. The van der Waals surface area contributed by atoms with Gasteiger partial charge in [0.15, 0.2) is 5.16 Å². The van der Waals surface area contributed by atoms with Gasteiger partial charge in [0, 0.05) is 23.9 Å². The second-order valence-electron chi connectivity index (χ2n) is 4.43. The first-order valence-corrected chi connectivity index (χ1v) is 8.38. The lowest BCUT2D eigenvalue weighted by molar-refractivity contribution is 0.183. The van der Waals surface area contributed by atoms with Crippen molar-refractivity contribution in [2.45, 2.75) is 18.1 Å². The van der Waals surface area contributed by atoms with Gasteiger partial charge in [-0.3, -0.25) is 9.36 Å². The van der Waals surface area contributed by atoms with Gasteiger partial charge in [-0.15, -0.1) is 0 Å². The van der Waals surface area contributed by atoms with Gasteiger partial charge in [0.25, 0.3) is 5.56 Å². The number of fused-ring (bicyclic) bond motifs is 1. The van der Waals surface area contributed by atoms with E-state index in [1.807, 2.05) is 12.1 Å². The molecule has 5 nitrogen and oxygen atoms in total. The van der Waals surface area contributed by atoms with Gasteiger partial charge in [0.2, 0.25) is 0 Å². The molecule has 0 atom stereocenters. The highest BCUT2D eigenvalue weighted by atomic mass is 79.9. The Balaban J connectivity index is 2.48. The largest absolute Gasteiger partial charge is 0.396 e. The summed E-state index contributed by atoms with van der Waals surface area (Å²) in [4.78, 5) is 17.2. The molecule has 0 saturated heterocycles. The second kappa shape index (κ2) is 7.93. The Labute approximate surface area is 135 Å².